The number of methoxy groups -OCH3 is 1. The number of rotatable bonds is 6. The van der Waals surface area contributed by atoms with E-state index in [4.69, 9.17) is 4.74 Å². The number of nitrogens with one attached hydrogen (secondary N) is 2. The third kappa shape index (κ3) is 4.12. The summed E-state index contributed by atoms with van der Waals surface area (Å²) >= 11 is 0. The SMILES string of the molecule is COc1cccc2c1CCCC2CN(C)CCc1ccc2c(c1)NNCC2. The third-order valence-corrected chi connectivity index (χ3v) is 6.04. The van der Waals surface area contributed by atoms with Gasteiger partial charge in [-0.15, -0.1) is 0 Å². The Balaban J connectivity index is 1.37. The fraction of sp³-hybridized carbons (Fsp3) is 0.478. The van der Waals surface area contributed by atoms with Gasteiger partial charge in [0.2, 0.25) is 0 Å². The van der Waals surface area contributed by atoms with Crippen LogP contribution in [0, 0.1) is 0 Å². The molecule has 1 heterocycles. The smallest absolute Gasteiger partial charge is 0.122 e. The van der Waals surface area contributed by atoms with Crippen LogP contribution >= 0.6 is 0 Å². The average molecular weight is 366 g/mol. The van der Waals surface area contributed by atoms with Gasteiger partial charge in [-0.3, -0.25) is 0 Å². The second-order valence-electron chi connectivity index (χ2n) is 7.92. The minimum absolute atomic E-state index is 0.614. The van der Waals surface area contributed by atoms with Crippen LogP contribution in [0.1, 0.15) is 41.0 Å². The molecule has 2 aromatic rings. The molecule has 1 aliphatic heterocycles. The first kappa shape index (κ1) is 18.3. The first-order chi connectivity index (χ1) is 13.2. The zero-order valence-electron chi connectivity index (χ0n) is 16.6. The van der Waals surface area contributed by atoms with Gasteiger partial charge in [-0.2, -0.15) is 0 Å². The van der Waals surface area contributed by atoms with E-state index in [9.17, 15) is 0 Å². The van der Waals surface area contributed by atoms with Crippen molar-refractivity contribution in [3.8, 4) is 5.75 Å². The van der Waals surface area contributed by atoms with Gasteiger partial charge in [0, 0.05) is 19.6 Å². The van der Waals surface area contributed by atoms with Gasteiger partial charge in [-0.25, -0.2) is 5.43 Å². The first-order valence-electron chi connectivity index (χ1n) is 10.2. The van der Waals surface area contributed by atoms with Gasteiger partial charge in [0.15, 0.2) is 0 Å². The molecule has 0 fully saturated rings. The van der Waals surface area contributed by atoms with Gasteiger partial charge in [0.05, 0.1) is 12.8 Å². The highest BCUT2D eigenvalue weighted by Crippen LogP contribution is 2.36. The fourth-order valence-corrected chi connectivity index (χ4v) is 4.55. The van der Waals surface area contributed by atoms with Gasteiger partial charge in [0.25, 0.3) is 0 Å². The summed E-state index contributed by atoms with van der Waals surface area (Å²) in [7, 11) is 4.04. The molecule has 1 aliphatic carbocycles. The van der Waals surface area contributed by atoms with E-state index < -0.39 is 0 Å². The Morgan fingerprint density at radius 2 is 2.11 bits per heavy atom. The zero-order valence-corrected chi connectivity index (χ0v) is 16.6. The second kappa shape index (κ2) is 8.32. The largest absolute Gasteiger partial charge is 0.496 e. The molecule has 2 aliphatic rings. The molecule has 0 radical (unpaired) electrons. The third-order valence-electron chi connectivity index (χ3n) is 6.04. The van der Waals surface area contributed by atoms with Crippen LogP contribution in [0.5, 0.6) is 5.75 Å². The summed E-state index contributed by atoms with van der Waals surface area (Å²) in [6, 6.07) is 13.4. The predicted octanol–water partition coefficient (Wildman–Crippen LogP) is 3.76. The maximum Gasteiger partial charge on any atom is 0.122 e. The molecule has 0 saturated carbocycles. The lowest BCUT2D eigenvalue weighted by molar-refractivity contribution is 0.299. The van der Waals surface area contributed by atoms with Crippen LogP contribution in [0.3, 0.4) is 0 Å². The molecule has 2 N–H and O–H groups in total. The lowest BCUT2D eigenvalue weighted by Gasteiger charge is -2.30. The molecule has 0 amide bonds. The zero-order chi connectivity index (χ0) is 18.6. The Hall–Kier alpha value is -2.04. The summed E-state index contributed by atoms with van der Waals surface area (Å²) in [6.45, 7) is 3.20. The number of hydrogen-bond donors (Lipinski definition) is 2. The number of anilines is 1. The summed E-state index contributed by atoms with van der Waals surface area (Å²) in [4.78, 5) is 2.49. The first-order valence-corrected chi connectivity index (χ1v) is 10.2. The summed E-state index contributed by atoms with van der Waals surface area (Å²) < 4.78 is 5.59. The van der Waals surface area contributed by atoms with Crippen molar-refractivity contribution in [2.24, 2.45) is 0 Å². The molecule has 1 unspecified atom stereocenters. The Kier molecular flexibility index (Phi) is 5.65. The number of hydrazine groups is 1. The van der Waals surface area contributed by atoms with Gasteiger partial charge < -0.3 is 15.1 Å². The van der Waals surface area contributed by atoms with E-state index in [0.29, 0.717) is 5.92 Å². The lowest BCUT2D eigenvalue weighted by Crippen LogP contribution is -2.30. The Bertz CT molecular complexity index is 789. The number of fused-ring (bicyclic) bond motifs is 2. The summed E-state index contributed by atoms with van der Waals surface area (Å²) in [5.41, 5.74) is 13.5. The summed E-state index contributed by atoms with van der Waals surface area (Å²) in [5, 5.41) is 0. The molecule has 4 rings (SSSR count). The monoisotopic (exact) mass is 365 g/mol. The van der Waals surface area contributed by atoms with Crippen molar-refractivity contribution in [2.45, 2.75) is 38.0 Å². The molecule has 4 nitrogen and oxygen atoms in total. The van der Waals surface area contributed by atoms with Crippen molar-refractivity contribution in [3.05, 3.63) is 58.7 Å². The highest BCUT2D eigenvalue weighted by Gasteiger charge is 2.23. The van der Waals surface area contributed by atoms with Crippen LogP contribution in [0.2, 0.25) is 0 Å². The van der Waals surface area contributed by atoms with Crippen molar-refractivity contribution < 1.29 is 4.74 Å². The number of hydrogen-bond acceptors (Lipinski definition) is 4. The molecule has 0 aromatic heterocycles. The van der Waals surface area contributed by atoms with Gasteiger partial charge >= 0.3 is 0 Å². The minimum Gasteiger partial charge on any atom is -0.496 e. The molecule has 27 heavy (non-hydrogen) atoms. The van der Waals surface area contributed by atoms with E-state index in [2.05, 4.69) is 59.2 Å². The highest BCUT2D eigenvalue weighted by molar-refractivity contribution is 5.54. The minimum atomic E-state index is 0.614. The van der Waals surface area contributed by atoms with E-state index in [1.165, 1.54) is 40.8 Å². The van der Waals surface area contributed by atoms with Gasteiger partial charge in [0.1, 0.15) is 5.75 Å². The van der Waals surface area contributed by atoms with Crippen LogP contribution < -0.4 is 15.6 Å². The average Bonchev–Trinajstić information content (AvgIpc) is 2.72. The maximum atomic E-state index is 5.59. The quantitative estimate of drug-likeness (QED) is 0.817. The van der Waals surface area contributed by atoms with Crippen molar-refractivity contribution in [3.63, 3.8) is 0 Å². The van der Waals surface area contributed by atoms with Crippen LogP contribution in [-0.2, 0) is 19.3 Å². The second-order valence-corrected chi connectivity index (χ2v) is 7.92. The maximum absolute atomic E-state index is 5.59. The normalized spacial score (nSPS) is 18.6. The number of ether oxygens (including phenoxy) is 1. The molecule has 0 bridgehead atoms. The summed E-state index contributed by atoms with van der Waals surface area (Å²) in [6.07, 6.45) is 5.88. The van der Waals surface area contributed by atoms with Gasteiger partial charge in [-0.05, 0) is 79.5 Å². The van der Waals surface area contributed by atoms with E-state index in [1.54, 1.807) is 7.11 Å². The Morgan fingerprint density at radius 3 is 3.00 bits per heavy atom. The number of nitrogens with zero attached hydrogens (tertiary/aromatic N) is 1. The number of likely N-dealkylation sites (N-methyl/N-ethyl adjacent to an activating group) is 1. The van der Waals surface area contributed by atoms with E-state index in [0.717, 1.165) is 44.6 Å². The Labute approximate surface area is 162 Å². The molecule has 1 atom stereocenters. The lowest BCUT2D eigenvalue weighted by atomic mass is 9.82. The molecule has 144 valence electrons. The predicted molar refractivity (Wildman–Crippen MR) is 112 cm³/mol. The fourth-order valence-electron chi connectivity index (χ4n) is 4.55. The van der Waals surface area contributed by atoms with Crippen molar-refractivity contribution in [1.82, 2.24) is 10.3 Å². The topological polar surface area (TPSA) is 36.5 Å². The van der Waals surface area contributed by atoms with E-state index in [-0.39, 0.29) is 0 Å². The molecule has 0 spiro atoms. The van der Waals surface area contributed by atoms with Crippen LogP contribution in [0.15, 0.2) is 36.4 Å². The van der Waals surface area contributed by atoms with Crippen molar-refractivity contribution in [2.75, 3.05) is 39.2 Å². The molecule has 4 heteroatoms. The van der Waals surface area contributed by atoms with Crippen molar-refractivity contribution >= 4 is 5.69 Å². The van der Waals surface area contributed by atoms with Crippen molar-refractivity contribution in [1.29, 1.82) is 0 Å². The van der Waals surface area contributed by atoms with Crippen LogP contribution in [0.4, 0.5) is 5.69 Å². The van der Waals surface area contributed by atoms with Crippen LogP contribution in [-0.4, -0.2) is 38.7 Å². The van der Waals surface area contributed by atoms with E-state index >= 15 is 0 Å². The van der Waals surface area contributed by atoms with Crippen LogP contribution in [0.25, 0.3) is 0 Å². The van der Waals surface area contributed by atoms with Gasteiger partial charge in [-0.1, -0.05) is 24.3 Å². The number of benzene rings is 2. The summed E-state index contributed by atoms with van der Waals surface area (Å²) in [5.74, 6) is 1.68. The highest BCUT2D eigenvalue weighted by atomic mass is 16.5. The Morgan fingerprint density at radius 1 is 1.19 bits per heavy atom. The molecular formula is C23H31N3O. The standard InChI is InChI=1S/C23H31N3O/c1-26(14-12-17-9-10-18-11-13-24-25-22(18)15-17)16-19-5-3-7-21-20(19)6-4-8-23(21)27-2/h4,6,8-10,15,19,24-25H,3,5,7,11-14,16H2,1-2H3. The molecule has 2 aromatic carbocycles. The molecule has 0 saturated heterocycles. The molecular weight excluding hydrogens is 334 g/mol. The van der Waals surface area contributed by atoms with E-state index in [1.807, 2.05) is 0 Å².